The molecule has 2 N–H and O–H groups in total. The van der Waals surface area contributed by atoms with Gasteiger partial charge in [0.1, 0.15) is 5.82 Å². The highest BCUT2D eigenvalue weighted by atomic mass is 16.1. The highest BCUT2D eigenvalue weighted by molar-refractivity contribution is 5.77. The number of carbonyl (C=O) groups is 1. The van der Waals surface area contributed by atoms with Gasteiger partial charge in [-0.3, -0.25) is 9.59 Å². The van der Waals surface area contributed by atoms with Crippen LogP contribution in [0.1, 0.15) is 50.8 Å². The second-order valence-electron chi connectivity index (χ2n) is 6.59. The standard InChI is InChI=1S/C20H25N3O2/c24-19(21-14-13-15-7-2-1-3-8-15)12-6-11-18-22-17-10-5-4-9-16(17)20(25)23-18/h4-5,7,9-10H,1-3,6,8,11-14H2,(H,21,24)(H,22,23,25). The molecule has 0 spiro atoms. The van der Waals surface area contributed by atoms with E-state index in [9.17, 15) is 9.59 Å². The summed E-state index contributed by atoms with van der Waals surface area (Å²) in [5, 5.41) is 3.58. The zero-order valence-electron chi connectivity index (χ0n) is 14.5. The average Bonchev–Trinajstić information content (AvgIpc) is 2.63. The molecule has 2 aromatic rings. The fourth-order valence-electron chi connectivity index (χ4n) is 3.25. The van der Waals surface area contributed by atoms with Gasteiger partial charge in [0.15, 0.2) is 0 Å². The number of carbonyl (C=O) groups excluding carboxylic acids is 1. The van der Waals surface area contributed by atoms with Gasteiger partial charge >= 0.3 is 0 Å². The molecule has 3 rings (SSSR count). The fourth-order valence-corrected chi connectivity index (χ4v) is 3.25. The van der Waals surface area contributed by atoms with E-state index in [0.29, 0.717) is 36.0 Å². The van der Waals surface area contributed by atoms with Gasteiger partial charge in [-0.05, 0) is 50.7 Å². The van der Waals surface area contributed by atoms with Gasteiger partial charge in [0.25, 0.3) is 5.56 Å². The Hall–Kier alpha value is -2.43. The summed E-state index contributed by atoms with van der Waals surface area (Å²) in [5.74, 6) is 0.711. The molecule has 0 saturated carbocycles. The van der Waals surface area contributed by atoms with Crippen LogP contribution in [0.5, 0.6) is 0 Å². The molecule has 0 fully saturated rings. The lowest BCUT2D eigenvalue weighted by Gasteiger charge is -2.12. The van der Waals surface area contributed by atoms with Crippen LogP contribution < -0.4 is 10.9 Å². The first-order valence-electron chi connectivity index (χ1n) is 9.15. The molecule has 5 heteroatoms. The number of benzene rings is 1. The molecule has 5 nitrogen and oxygen atoms in total. The zero-order valence-corrected chi connectivity index (χ0v) is 14.5. The summed E-state index contributed by atoms with van der Waals surface area (Å²) < 4.78 is 0. The number of allylic oxidation sites excluding steroid dienone is 1. The van der Waals surface area contributed by atoms with Crippen LogP contribution in [-0.2, 0) is 11.2 Å². The van der Waals surface area contributed by atoms with Crippen molar-refractivity contribution in [2.24, 2.45) is 0 Å². The van der Waals surface area contributed by atoms with Gasteiger partial charge in [0, 0.05) is 19.4 Å². The van der Waals surface area contributed by atoms with Crippen LogP contribution in [0.25, 0.3) is 10.9 Å². The lowest BCUT2D eigenvalue weighted by atomic mass is 9.97. The maximum atomic E-state index is 12.0. The lowest BCUT2D eigenvalue weighted by molar-refractivity contribution is -0.121. The fraction of sp³-hybridized carbons (Fsp3) is 0.450. The third-order valence-corrected chi connectivity index (χ3v) is 4.63. The van der Waals surface area contributed by atoms with E-state index in [1.54, 1.807) is 6.07 Å². The van der Waals surface area contributed by atoms with Gasteiger partial charge in [0.05, 0.1) is 10.9 Å². The molecule has 0 bridgehead atoms. The van der Waals surface area contributed by atoms with E-state index in [1.165, 1.54) is 31.3 Å². The minimum atomic E-state index is -0.120. The molecule has 1 aromatic heterocycles. The summed E-state index contributed by atoms with van der Waals surface area (Å²) in [4.78, 5) is 31.2. The molecular formula is C20H25N3O2. The van der Waals surface area contributed by atoms with Gasteiger partial charge in [-0.2, -0.15) is 0 Å². The number of amides is 1. The number of hydrogen-bond donors (Lipinski definition) is 2. The smallest absolute Gasteiger partial charge is 0.258 e. The normalized spacial score (nSPS) is 14.3. The van der Waals surface area contributed by atoms with Crippen molar-refractivity contribution in [1.82, 2.24) is 15.3 Å². The molecule has 0 saturated heterocycles. The van der Waals surface area contributed by atoms with Crippen molar-refractivity contribution in [1.29, 1.82) is 0 Å². The van der Waals surface area contributed by atoms with Crippen LogP contribution in [-0.4, -0.2) is 22.4 Å². The molecule has 0 unspecified atom stereocenters. The van der Waals surface area contributed by atoms with Crippen molar-refractivity contribution in [3.05, 3.63) is 52.1 Å². The Bertz CT molecular complexity index is 823. The number of para-hydroxylation sites is 1. The molecule has 1 aliphatic rings. The number of aryl methyl sites for hydroxylation is 1. The Morgan fingerprint density at radius 1 is 1.20 bits per heavy atom. The molecule has 25 heavy (non-hydrogen) atoms. The Kier molecular flexibility index (Phi) is 5.99. The number of fused-ring (bicyclic) bond motifs is 1. The molecule has 1 aliphatic carbocycles. The van der Waals surface area contributed by atoms with Crippen molar-refractivity contribution in [2.45, 2.75) is 51.4 Å². The zero-order chi connectivity index (χ0) is 17.5. The third kappa shape index (κ3) is 5.02. The van der Waals surface area contributed by atoms with Crippen molar-refractivity contribution >= 4 is 16.8 Å². The quantitative estimate of drug-likeness (QED) is 0.760. The molecule has 0 atom stereocenters. The van der Waals surface area contributed by atoms with Crippen molar-refractivity contribution in [2.75, 3.05) is 6.54 Å². The van der Waals surface area contributed by atoms with Gasteiger partial charge in [0.2, 0.25) is 5.91 Å². The van der Waals surface area contributed by atoms with E-state index in [2.05, 4.69) is 21.4 Å². The summed E-state index contributed by atoms with van der Waals surface area (Å²) in [5.41, 5.74) is 2.06. The van der Waals surface area contributed by atoms with Crippen molar-refractivity contribution in [3.8, 4) is 0 Å². The maximum absolute atomic E-state index is 12.0. The number of H-pyrrole nitrogens is 1. The van der Waals surface area contributed by atoms with Gasteiger partial charge in [-0.1, -0.05) is 23.8 Å². The first-order chi connectivity index (χ1) is 12.2. The minimum Gasteiger partial charge on any atom is -0.356 e. The molecule has 0 radical (unpaired) electrons. The molecule has 1 heterocycles. The van der Waals surface area contributed by atoms with Gasteiger partial charge in [-0.15, -0.1) is 0 Å². The lowest BCUT2D eigenvalue weighted by Crippen LogP contribution is -2.24. The van der Waals surface area contributed by atoms with Crippen LogP contribution in [0.3, 0.4) is 0 Å². The Balaban J connectivity index is 1.42. The van der Waals surface area contributed by atoms with E-state index in [1.807, 2.05) is 18.2 Å². The average molecular weight is 339 g/mol. The first-order valence-corrected chi connectivity index (χ1v) is 9.15. The molecule has 132 valence electrons. The summed E-state index contributed by atoms with van der Waals surface area (Å²) in [6.45, 7) is 0.718. The maximum Gasteiger partial charge on any atom is 0.258 e. The number of hydrogen-bond acceptors (Lipinski definition) is 3. The Morgan fingerprint density at radius 3 is 2.92 bits per heavy atom. The van der Waals surface area contributed by atoms with Crippen molar-refractivity contribution in [3.63, 3.8) is 0 Å². The monoisotopic (exact) mass is 339 g/mol. The summed E-state index contributed by atoms with van der Waals surface area (Å²) in [6, 6.07) is 7.29. The van der Waals surface area contributed by atoms with E-state index < -0.39 is 0 Å². The number of nitrogens with zero attached hydrogens (tertiary/aromatic N) is 1. The Labute approximate surface area is 147 Å². The summed E-state index contributed by atoms with van der Waals surface area (Å²) in [7, 11) is 0. The highest BCUT2D eigenvalue weighted by Gasteiger charge is 2.07. The van der Waals surface area contributed by atoms with Crippen LogP contribution in [0.15, 0.2) is 40.7 Å². The van der Waals surface area contributed by atoms with E-state index in [0.717, 1.165) is 13.0 Å². The van der Waals surface area contributed by atoms with Crippen molar-refractivity contribution < 1.29 is 4.79 Å². The van der Waals surface area contributed by atoms with Crippen LogP contribution in [0, 0.1) is 0 Å². The predicted octanol–water partition coefficient (Wildman–Crippen LogP) is 3.25. The molecule has 1 amide bonds. The number of rotatable bonds is 7. The predicted molar refractivity (Wildman–Crippen MR) is 99.5 cm³/mol. The second kappa shape index (κ2) is 8.60. The topological polar surface area (TPSA) is 74.8 Å². The van der Waals surface area contributed by atoms with Gasteiger partial charge < -0.3 is 10.3 Å². The first kappa shape index (κ1) is 17.4. The highest BCUT2D eigenvalue weighted by Crippen LogP contribution is 2.19. The molecule has 0 aliphatic heterocycles. The van der Waals surface area contributed by atoms with Crippen LogP contribution in [0.4, 0.5) is 0 Å². The largest absolute Gasteiger partial charge is 0.356 e. The minimum absolute atomic E-state index is 0.0690. The summed E-state index contributed by atoms with van der Waals surface area (Å²) >= 11 is 0. The second-order valence-corrected chi connectivity index (χ2v) is 6.59. The van der Waals surface area contributed by atoms with Crippen LogP contribution in [0.2, 0.25) is 0 Å². The van der Waals surface area contributed by atoms with E-state index in [4.69, 9.17) is 0 Å². The Morgan fingerprint density at radius 2 is 2.08 bits per heavy atom. The SMILES string of the molecule is O=C(CCCc1nc2ccccc2c(=O)[nH]1)NCCC1=CCCCC1. The van der Waals surface area contributed by atoms with E-state index >= 15 is 0 Å². The summed E-state index contributed by atoms with van der Waals surface area (Å²) in [6.07, 6.45) is 9.93. The molecule has 1 aromatic carbocycles. The number of aromatic nitrogens is 2. The van der Waals surface area contributed by atoms with Gasteiger partial charge in [-0.25, -0.2) is 4.98 Å². The number of aromatic amines is 1. The van der Waals surface area contributed by atoms with E-state index in [-0.39, 0.29) is 11.5 Å². The number of nitrogens with one attached hydrogen (secondary N) is 2. The molecular weight excluding hydrogens is 314 g/mol. The van der Waals surface area contributed by atoms with Crippen LogP contribution >= 0.6 is 0 Å². The third-order valence-electron chi connectivity index (χ3n) is 4.63.